The maximum absolute atomic E-state index is 12.2. The monoisotopic (exact) mass is 405 g/mol. The lowest BCUT2D eigenvalue weighted by Gasteiger charge is -2.19. The third-order valence-corrected chi connectivity index (χ3v) is 4.42. The lowest BCUT2D eigenvalue weighted by atomic mass is 9.95. The highest BCUT2D eigenvalue weighted by Gasteiger charge is 2.19. The van der Waals surface area contributed by atoms with Gasteiger partial charge in [-0.25, -0.2) is 0 Å². The fraction of sp³-hybridized carbons (Fsp3) is 0.381. The molecule has 0 saturated heterocycles. The van der Waals surface area contributed by atoms with Gasteiger partial charge in [0.15, 0.2) is 0 Å². The van der Waals surface area contributed by atoms with Gasteiger partial charge in [0.2, 0.25) is 0 Å². The van der Waals surface area contributed by atoms with Crippen LogP contribution in [0.15, 0.2) is 54.6 Å². The number of rotatable bonds is 10. The minimum Gasteiger partial charge on any atom is -0.463 e. The fourth-order valence-electron chi connectivity index (χ4n) is 2.80. The maximum Gasteiger partial charge on any atom is 0.306 e. The third kappa shape index (κ3) is 8.10. The number of carbonyl (C=O) groups is 1. The van der Waals surface area contributed by atoms with E-state index in [-0.39, 0.29) is 30.2 Å². The van der Waals surface area contributed by atoms with E-state index in [4.69, 9.17) is 8.92 Å². The minimum atomic E-state index is -3.62. The second-order valence-electron chi connectivity index (χ2n) is 6.92. The lowest BCUT2D eigenvalue weighted by Crippen LogP contribution is -2.24. The Morgan fingerprint density at radius 1 is 1.07 bits per heavy atom. The Hall–Kier alpha value is -2.38. The summed E-state index contributed by atoms with van der Waals surface area (Å²) in [6.45, 7) is 4.81. The molecule has 0 aliphatic carbocycles. The molecule has 1 atom stereocenters. The van der Waals surface area contributed by atoms with Crippen LogP contribution < -0.4 is 9.50 Å². The molecule has 152 valence electrons. The number of benzene rings is 2. The zero-order valence-corrected chi connectivity index (χ0v) is 17.2. The molecule has 0 fully saturated rings. The number of hydrogen-bond donors (Lipinski definition) is 1. The van der Waals surface area contributed by atoms with Crippen LogP contribution in [0.25, 0.3) is 0 Å². The van der Waals surface area contributed by atoms with Gasteiger partial charge in [-0.3, -0.25) is 4.79 Å². The van der Waals surface area contributed by atoms with Crippen molar-refractivity contribution in [3.05, 3.63) is 65.7 Å². The predicted molar refractivity (Wildman–Crippen MR) is 109 cm³/mol. The molecule has 2 aromatic rings. The van der Waals surface area contributed by atoms with Crippen molar-refractivity contribution < 1.29 is 22.1 Å². The predicted octanol–water partition coefficient (Wildman–Crippen LogP) is 3.24. The molecule has 0 spiro atoms. The molecular weight excluding hydrogens is 378 g/mol. The van der Waals surface area contributed by atoms with Gasteiger partial charge in [0, 0.05) is 19.0 Å². The van der Waals surface area contributed by atoms with E-state index in [9.17, 15) is 13.2 Å². The van der Waals surface area contributed by atoms with Gasteiger partial charge in [-0.15, -0.1) is 0 Å². The number of hydrogen-bond acceptors (Lipinski definition) is 6. The minimum absolute atomic E-state index is 0.182. The van der Waals surface area contributed by atoms with Crippen molar-refractivity contribution in [3.8, 4) is 5.75 Å². The molecule has 0 amide bonds. The van der Waals surface area contributed by atoms with Gasteiger partial charge in [-0.1, -0.05) is 42.5 Å². The van der Waals surface area contributed by atoms with E-state index in [1.807, 2.05) is 36.4 Å². The first kappa shape index (κ1) is 21.9. The molecular formula is C21H27NO5S. The summed E-state index contributed by atoms with van der Waals surface area (Å²) in [5.74, 6) is -0.251. The van der Waals surface area contributed by atoms with Crippen LogP contribution in [0.1, 0.15) is 37.3 Å². The van der Waals surface area contributed by atoms with Gasteiger partial charge in [0.1, 0.15) is 5.75 Å². The van der Waals surface area contributed by atoms with Gasteiger partial charge < -0.3 is 14.2 Å². The Morgan fingerprint density at radius 3 is 2.43 bits per heavy atom. The van der Waals surface area contributed by atoms with E-state index < -0.39 is 10.1 Å². The van der Waals surface area contributed by atoms with E-state index in [0.29, 0.717) is 13.1 Å². The van der Waals surface area contributed by atoms with E-state index in [2.05, 4.69) is 5.32 Å². The van der Waals surface area contributed by atoms with E-state index >= 15 is 0 Å². The highest BCUT2D eigenvalue weighted by atomic mass is 32.2. The molecule has 1 unspecified atom stereocenters. The van der Waals surface area contributed by atoms with Gasteiger partial charge in [-0.2, -0.15) is 8.42 Å². The van der Waals surface area contributed by atoms with Crippen LogP contribution in [0.4, 0.5) is 0 Å². The molecule has 6 nitrogen and oxygen atoms in total. The molecule has 0 aliphatic heterocycles. The van der Waals surface area contributed by atoms with Crippen molar-refractivity contribution in [3.63, 3.8) is 0 Å². The first-order chi connectivity index (χ1) is 13.2. The molecule has 0 aliphatic rings. The molecule has 2 rings (SSSR count). The summed E-state index contributed by atoms with van der Waals surface area (Å²) >= 11 is 0. The zero-order valence-electron chi connectivity index (χ0n) is 16.4. The molecule has 0 saturated carbocycles. The average Bonchev–Trinajstić information content (AvgIpc) is 2.60. The first-order valence-corrected chi connectivity index (χ1v) is 11.0. The molecule has 28 heavy (non-hydrogen) atoms. The van der Waals surface area contributed by atoms with E-state index in [1.165, 1.54) is 0 Å². The standard InChI is InChI=1S/C21H27NO5S/c1-16(2)26-21(23)13-19(15-22-14-17-8-5-4-6-9-17)18-10-7-11-20(12-18)27-28(3,24)25/h4-12,16,19,22H,13-15H2,1-3H3. The summed E-state index contributed by atoms with van der Waals surface area (Å²) in [5.41, 5.74) is 1.95. The van der Waals surface area contributed by atoms with Crippen molar-refractivity contribution in [1.82, 2.24) is 5.32 Å². The van der Waals surface area contributed by atoms with Gasteiger partial charge >= 0.3 is 16.1 Å². The quantitative estimate of drug-likeness (QED) is 0.483. The summed E-state index contributed by atoms with van der Waals surface area (Å²) in [7, 11) is -3.62. The summed E-state index contributed by atoms with van der Waals surface area (Å²) < 4.78 is 33.1. The Kier molecular flexibility index (Phi) is 8.02. The zero-order chi connectivity index (χ0) is 20.6. The van der Waals surface area contributed by atoms with E-state index in [0.717, 1.165) is 17.4 Å². The number of esters is 1. The Bertz CT molecular complexity index is 865. The van der Waals surface area contributed by atoms with Crippen LogP contribution in [0, 0.1) is 0 Å². The number of carbonyl (C=O) groups excluding carboxylic acids is 1. The number of nitrogens with one attached hydrogen (secondary N) is 1. The van der Waals surface area contributed by atoms with Crippen LogP contribution in [0.2, 0.25) is 0 Å². The summed E-state index contributed by atoms with van der Waals surface area (Å²) in [6, 6.07) is 16.7. The van der Waals surface area contributed by atoms with Gasteiger partial charge in [-0.05, 0) is 37.1 Å². The van der Waals surface area contributed by atoms with Crippen molar-refractivity contribution in [2.24, 2.45) is 0 Å². The number of ether oxygens (including phenoxy) is 1. The van der Waals surface area contributed by atoms with Gasteiger partial charge in [0.25, 0.3) is 0 Å². The lowest BCUT2D eigenvalue weighted by molar-refractivity contribution is -0.147. The fourth-order valence-corrected chi connectivity index (χ4v) is 3.26. The highest BCUT2D eigenvalue weighted by Crippen LogP contribution is 2.25. The average molecular weight is 406 g/mol. The first-order valence-electron chi connectivity index (χ1n) is 9.16. The van der Waals surface area contributed by atoms with Crippen molar-refractivity contribution in [2.45, 2.75) is 38.8 Å². The molecule has 7 heteroatoms. The SMILES string of the molecule is CC(C)OC(=O)CC(CNCc1ccccc1)c1cccc(OS(C)(=O)=O)c1. The molecule has 1 N–H and O–H groups in total. The van der Waals surface area contributed by atoms with Crippen molar-refractivity contribution in [1.29, 1.82) is 0 Å². The molecule has 0 aromatic heterocycles. The van der Waals surface area contributed by atoms with Crippen LogP contribution in [-0.4, -0.2) is 33.3 Å². The Morgan fingerprint density at radius 2 is 1.79 bits per heavy atom. The van der Waals surface area contributed by atoms with E-state index in [1.54, 1.807) is 32.0 Å². The second-order valence-corrected chi connectivity index (χ2v) is 8.49. The van der Waals surface area contributed by atoms with Crippen LogP contribution in [-0.2, 0) is 26.2 Å². The molecule has 2 aromatic carbocycles. The van der Waals surface area contributed by atoms with Crippen molar-refractivity contribution in [2.75, 3.05) is 12.8 Å². The largest absolute Gasteiger partial charge is 0.463 e. The van der Waals surface area contributed by atoms with Crippen LogP contribution in [0.5, 0.6) is 5.75 Å². The van der Waals surface area contributed by atoms with Gasteiger partial charge in [0.05, 0.1) is 18.8 Å². The summed E-state index contributed by atoms with van der Waals surface area (Å²) in [6.07, 6.45) is 0.992. The Labute approximate surface area is 167 Å². The topological polar surface area (TPSA) is 81.7 Å². The molecule has 0 radical (unpaired) electrons. The molecule has 0 heterocycles. The highest BCUT2D eigenvalue weighted by molar-refractivity contribution is 7.86. The second kappa shape index (κ2) is 10.2. The Balaban J connectivity index is 2.12. The summed E-state index contributed by atoms with van der Waals surface area (Å²) in [5, 5.41) is 3.36. The third-order valence-electron chi connectivity index (χ3n) is 3.92. The van der Waals surface area contributed by atoms with Crippen LogP contribution >= 0.6 is 0 Å². The normalized spacial score (nSPS) is 12.6. The maximum atomic E-state index is 12.2. The van der Waals surface area contributed by atoms with Crippen molar-refractivity contribution >= 4 is 16.1 Å². The summed E-state index contributed by atoms with van der Waals surface area (Å²) in [4.78, 5) is 12.2. The smallest absolute Gasteiger partial charge is 0.306 e. The molecule has 0 bridgehead atoms. The van der Waals surface area contributed by atoms with Crippen LogP contribution in [0.3, 0.4) is 0 Å².